The minimum absolute atomic E-state index is 0.217. The third-order valence-electron chi connectivity index (χ3n) is 5.28. The number of para-hydroxylation sites is 2. The van der Waals surface area contributed by atoms with Gasteiger partial charge in [-0.2, -0.15) is 0 Å². The number of ether oxygens (including phenoxy) is 1. The number of pyridine rings is 1. The van der Waals surface area contributed by atoms with Crippen molar-refractivity contribution in [2.45, 2.75) is 13.5 Å². The zero-order chi connectivity index (χ0) is 24.1. The highest BCUT2D eigenvalue weighted by Crippen LogP contribution is 2.21. The fourth-order valence-electron chi connectivity index (χ4n) is 3.55. The normalized spacial score (nSPS) is 10.6. The second kappa shape index (κ2) is 9.99. The molecule has 172 valence electrons. The van der Waals surface area contributed by atoms with Crippen molar-refractivity contribution >= 4 is 34.4 Å². The Kier molecular flexibility index (Phi) is 6.68. The molecular weight excluding hydrogens is 434 g/mol. The number of nitrogens with zero attached hydrogens (tertiary/aromatic N) is 2. The Morgan fingerprint density at radius 2 is 1.76 bits per heavy atom. The van der Waals surface area contributed by atoms with Crippen molar-refractivity contribution in [2.24, 2.45) is 0 Å². The molecule has 0 saturated carbocycles. The Morgan fingerprint density at radius 3 is 2.56 bits per heavy atom. The summed E-state index contributed by atoms with van der Waals surface area (Å²) in [6, 6.07) is 19.1. The number of fused-ring (bicyclic) bond motifs is 1. The molecule has 2 heterocycles. The van der Waals surface area contributed by atoms with Crippen molar-refractivity contribution in [3.63, 3.8) is 0 Å². The van der Waals surface area contributed by atoms with E-state index in [1.54, 1.807) is 55.5 Å². The Hall–Kier alpha value is -4.46. The van der Waals surface area contributed by atoms with Gasteiger partial charge in [-0.3, -0.25) is 14.6 Å². The van der Waals surface area contributed by atoms with Crippen molar-refractivity contribution in [1.82, 2.24) is 10.3 Å². The van der Waals surface area contributed by atoms with Crippen LogP contribution in [0.25, 0.3) is 10.9 Å². The predicted octanol–water partition coefficient (Wildman–Crippen LogP) is 3.89. The zero-order valence-corrected chi connectivity index (χ0v) is 18.8. The number of likely N-dealkylation sites (N-methyl/N-ethyl adjacent to an activating group) is 1. The molecule has 0 radical (unpaired) electrons. The predicted molar refractivity (Wildman–Crippen MR) is 126 cm³/mol. The lowest BCUT2D eigenvalue weighted by Crippen LogP contribution is -2.33. The van der Waals surface area contributed by atoms with Crippen LogP contribution in [0.1, 0.15) is 32.2 Å². The van der Waals surface area contributed by atoms with Crippen molar-refractivity contribution in [2.75, 3.05) is 18.6 Å². The lowest BCUT2D eigenvalue weighted by atomic mass is 10.1. The molecule has 4 rings (SSSR count). The number of furan rings is 1. The first-order valence-corrected chi connectivity index (χ1v) is 10.6. The molecule has 0 aliphatic rings. The zero-order valence-electron chi connectivity index (χ0n) is 18.8. The molecule has 2 aromatic carbocycles. The topological polar surface area (TPSA) is 102 Å². The first kappa shape index (κ1) is 22.7. The van der Waals surface area contributed by atoms with Crippen LogP contribution >= 0.6 is 0 Å². The molecule has 0 spiro atoms. The van der Waals surface area contributed by atoms with Gasteiger partial charge in [-0.25, -0.2) is 4.79 Å². The number of aryl methyl sites for hydroxylation is 1. The van der Waals surface area contributed by atoms with Crippen LogP contribution in [0.15, 0.2) is 77.4 Å². The van der Waals surface area contributed by atoms with Gasteiger partial charge in [0.25, 0.3) is 11.8 Å². The number of amides is 2. The molecule has 8 nitrogen and oxygen atoms in total. The van der Waals surface area contributed by atoms with Crippen LogP contribution in [0.2, 0.25) is 0 Å². The third-order valence-corrected chi connectivity index (χ3v) is 5.28. The number of esters is 1. The third kappa shape index (κ3) is 4.96. The lowest BCUT2D eigenvalue weighted by Gasteiger charge is -2.20. The van der Waals surface area contributed by atoms with Crippen molar-refractivity contribution in [3.05, 3.63) is 95.6 Å². The maximum absolute atomic E-state index is 12.8. The van der Waals surface area contributed by atoms with E-state index in [2.05, 4.69) is 10.3 Å². The molecule has 0 aliphatic carbocycles. The van der Waals surface area contributed by atoms with E-state index in [1.807, 2.05) is 18.2 Å². The van der Waals surface area contributed by atoms with Gasteiger partial charge in [0.05, 0.1) is 35.1 Å². The van der Waals surface area contributed by atoms with Crippen LogP contribution in [0.5, 0.6) is 0 Å². The number of nitrogens with one attached hydrogen (secondary N) is 1. The number of anilines is 1. The highest BCUT2D eigenvalue weighted by atomic mass is 16.5. The summed E-state index contributed by atoms with van der Waals surface area (Å²) in [6.45, 7) is 1.53. The average Bonchev–Trinajstić information content (AvgIpc) is 3.38. The molecule has 0 saturated heterocycles. The van der Waals surface area contributed by atoms with E-state index >= 15 is 0 Å². The quantitative estimate of drug-likeness (QED) is 0.423. The van der Waals surface area contributed by atoms with E-state index < -0.39 is 18.5 Å². The molecule has 0 bridgehead atoms. The molecular formula is C26H23N3O5. The molecule has 34 heavy (non-hydrogen) atoms. The van der Waals surface area contributed by atoms with E-state index in [-0.39, 0.29) is 12.5 Å². The summed E-state index contributed by atoms with van der Waals surface area (Å²) in [7, 11) is 1.53. The number of aromatic nitrogens is 1. The molecule has 8 heteroatoms. The molecule has 4 aromatic rings. The van der Waals surface area contributed by atoms with Crippen LogP contribution in [0, 0.1) is 6.92 Å². The summed E-state index contributed by atoms with van der Waals surface area (Å²) in [4.78, 5) is 44.0. The molecule has 1 N–H and O–H groups in total. The second-order valence-electron chi connectivity index (χ2n) is 7.64. The van der Waals surface area contributed by atoms with Gasteiger partial charge < -0.3 is 19.4 Å². The summed E-state index contributed by atoms with van der Waals surface area (Å²) < 4.78 is 10.6. The number of hydrogen-bond donors (Lipinski definition) is 1. The van der Waals surface area contributed by atoms with Crippen LogP contribution in [-0.2, 0) is 16.1 Å². The highest BCUT2D eigenvalue weighted by Gasteiger charge is 2.21. The van der Waals surface area contributed by atoms with Crippen molar-refractivity contribution in [1.29, 1.82) is 0 Å². The van der Waals surface area contributed by atoms with Crippen molar-refractivity contribution in [3.8, 4) is 0 Å². The van der Waals surface area contributed by atoms with E-state index in [0.717, 1.165) is 0 Å². The molecule has 0 aliphatic heterocycles. The Labute approximate surface area is 196 Å². The van der Waals surface area contributed by atoms with Gasteiger partial charge in [-0.15, -0.1) is 0 Å². The van der Waals surface area contributed by atoms with Gasteiger partial charge in [0.15, 0.2) is 6.61 Å². The summed E-state index contributed by atoms with van der Waals surface area (Å²) in [5.41, 5.74) is 2.39. The summed E-state index contributed by atoms with van der Waals surface area (Å²) in [5, 5.41) is 3.42. The maximum atomic E-state index is 12.8. The molecule has 2 amide bonds. The first-order chi connectivity index (χ1) is 16.4. The minimum Gasteiger partial charge on any atom is -0.467 e. The fourth-order valence-corrected chi connectivity index (χ4v) is 3.55. The molecule has 2 aromatic heterocycles. The minimum atomic E-state index is -0.618. The maximum Gasteiger partial charge on any atom is 0.339 e. The number of carbonyl (C=O) groups excluding carboxylic acids is 3. The largest absolute Gasteiger partial charge is 0.467 e. The van der Waals surface area contributed by atoms with Gasteiger partial charge in [0.2, 0.25) is 0 Å². The summed E-state index contributed by atoms with van der Waals surface area (Å²) >= 11 is 0. The molecule has 0 fully saturated rings. The van der Waals surface area contributed by atoms with E-state index in [9.17, 15) is 14.4 Å². The van der Waals surface area contributed by atoms with Crippen LogP contribution < -0.4 is 10.2 Å². The van der Waals surface area contributed by atoms with Crippen LogP contribution in [0.4, 0.5) is 5.69 Å². The number of rotatable bonds is 7. The van der Waals surface area contributed by atoms with E-state index in [0.29, 0.717) is 39.2 Å². The van der Waals surface area contributed by atoms with E-state index in [1.165, 1.54) is 18.2 Å². The van der Waals surface area contributed by atoms with Gasteiger partial charge in [0, 0.05) is 18.1 Å². The summed E-state index contributed by atoms with van der Waals surface area (Å²) in [6.07, 6.45) is 1.53. The highest BCUT2D eigenvalue weighted by molar-refractivity contribution is 6.06. The van der Waals surface area contributed by atoms with E-state index in [4.69, 9.17) is 9.15 Å². The van der Waals surface area contributed by atoms with Gasteiger partial charge in [0.1, 0.15) is 5.76 Å². The van der Waals surface area contributed by atoms with Gasteiger partial charge in [-0.05, 0) is 43.3 Å². The first-order valence-electron chi connectivity index (χ1n) is 10.6. The lowest BCUT2D eigenvalue weighted by molar-refractivity contribution is -0.121. The number of carbonyl (C=O) groups is 3. The standard InChI is InChI=1S/C26H23N3O5/c1-17-14-21(19-9-3-5-11-22(19)28-17)26(32)34-16-24(30)29(2)23-12-6-4-10-20(23)25(31)27-15-18-8-7-13-33-18/h3-14H,15-16H2,1-2H3,(H,27,31). The van der Waals surface area contributed by atoms with Crippen molar-refractivity contribution < 1.29 is 23.5 Å². The Balaban J connectivity index is 1.44. The molecule has 0 atom stereocenters. The van der Waals surface area contributed by atoms with Gasteiger partial charge >= 0.3 is 5.97 Å². The Morgan fingerprint density at radius 1 is 1.00 bits per heavy atom. The average molecular weight is 457 g/mol. The Bertz CT molecular complexity index is 1350. The van der Waals surface area contributed by atoms with Gasteiger partial charge in [-0.1, -0.05) is 30.3 Å². The monoisotopic (exact) mass is 457 g/mol. The number of benzene rings is 2. The smallest absolute Gasteiger partial charge is 0.339 e. The fraction of sp³-hybridized carbons (Fsp3) is 0.154. The number of hydrogen-bond acceptors (Lipinski definition) is 6. The SMILES string of the molecule is Cc1cc(C(=O)OCC(=O)N(C)c2ccccc2C(=O)NCc2ccco2)c2ccccc2n1. The second-order valence-corrected chi connectivity index (χ2v) is 7.64. The van der Waals surface area contributed by atoms with Crippen LogP contribution in [-0.4, -0.2) is 36.4 Å². The summed E-state index contributed by atoms with van der Waals surface area (Å²) in [5.74, 6) is -0.842. The van der Waals surface area contributed by atoms with Crippen LogP contribution in [0.3, 0.4) is 0 Å². The molecule has 0 unspecified atom stereocenters.